The minimum Gasteiger partial charge on any atom is -0.251 e. The van der Waals surface area contributed by atoms with Gasteiger partial charge in [-0.1, -0.05) is 24.8 Å². The third-order valence-electron chi connectivity index (χ3n) is 2.13. The van der Waals surface area contributed by atoms with Crippen LogP contribution in [0.5, 0.6) is 0 Å². The van der Waals surface area contributed by atoms with Gasteiger partial charge in [0.05, 0.1) is 0 Å². The standard InChI is InChI=1S/C7H15NS/c1-8(9-2)7-5-3-4-6-7/h7H,3-6H2,1-2H3. The molecular formula is C7H15NS. The summed E-state index contributed by atoms with van der Waals surface area (Å²) < 4.78 is 2.38. The van der Waals surface area contributed by atoms with Crippen molar-refractivity contribution in [3.05, 3.63) is 0 Å². The van der Waals surface area contributed by atoms with Gasteiger partial charge in [-0.25, -0.2) is 0 Å². The van der Waals surface area contributed by atoms with Crippen molar-refractivity contribution >= 4 is 11.9 Å². The van der Waals surface area contributed by atoms with Crippen molar-refractivity contribution < 1.29 is 0 Å². The molecule has 0 heterocycles. The number of rotatable bonds is 2. The summed E-state index contributed by atoms with van der Waals surface area (Å²) in [6.45, 7) is 0. The van der Waals surface area contributed by atoms with Gasteiger partial charge < -0.3 is 0 Å². The molecule has 0 amide bonds. The Balaban J connectivity index is 2.24. The second-order valence-electron chi connectivity index (χ2n) is 2.67. The highest BCUT2D eigenvalue weighted by Gasteiger charge is 2.18. The van der Waals surface area contributed by atoms with E-state index in [0.717, 1.165) is 6.04 Å². The van der Waals surface area contributed by atoms with E-state index in [9.17, 15) is 0 Å². The van der Waals surface area contributed by atoms with Crippen molar-refractivity contribution in [2.45, 2.75) is 31.7 Å². The first-order valence-electron chi connectivity index (χ1n) is 3.61. The van der Waals surface area contributed by atoms with Crippen molar-refractivity contribution in [2.75, 3.05) is 13.3 Å². The van der Waals surface area contributed by atoms with Crippen LogP contribution >= 0.6 is 11.9 Å². The first kappa shape index (κ1) is 7.42. The molecule has 1 rings (SSSR count). The molecular weight excluding hydrogens is 130 g/mol. The Labute approximate surface area is 61.9 Å². The van der Waals surface area contributed by atoms with E-state index in [4.69, 9.17) is 0 Å². The zero-order valence-electron chi connectivity index (χ0n) is 6.26. The van der Waals surface area contributed by atoms with E-state index in [1.807, 2.05) is 11.9 Å². The van der Waals surface area contributed by atoms with Gasteiger partial charge in [-0.2, -0.15) is 0 Å². The Kier molecular flexibility index (Phi) is 2.86. The molecule has 1 saturated carbocycles. The first-order valence-corrected chi connectivity index (χ1v) is 4.79. The Hall–Kier alpha value is 0.310. The van der Waals surface area contributed by atoms with Gasteiger partial charge in [0.25, 0.3) is 0 Å². The molecule has 0 saturated heterocycles. The van der Waals surface area contributed by atoms with Crippen LogP contribution in [0.15, 0.2) is 0 Å². The molecule has 1 fully saturated rings. The first-order chi connectivity index (χ1) is 4.34. The van der Waals surface area contributed by atoms with E-state index in [1.165, 1.54) is 25.7 Å². The monoisotopic (exact) mass is 145 g/mol. The molecule has 0 N–H and O–H groups in total. The summed E-state index contributed by atoms with van der Waals surface area (Å²) in [6, 6.07) is 0.875. The number of nitrogens with zero attached hydrogens (tertiary/aromatic N) is 1. The van der Waals surface area contributed by atoms with Crippen LogP contribution in [0.25, 0.3) is 0 Å². The van der Waals surface area contributed by atoms with Crippen molar-refractivity contribution in [2.24, 2.45) is 0 Å². The minimum absolute atomic E-state index is 0.875. The Morgan fingerprint density at radius 1 is 1.33 bits per heavy atom. The molecule has 0 bridgehead atoms. The van der Waals surface area contributed by atoms with Crippen LogP contribution in [0.1, 0.15) is 25.7 Å². The molecule has 0 aromatic heterocycles. The van der Waals surface area contributed by atoms with E-state index in [0.29, 0.717) is 0 Å². The van der Waals surface area contributed by atoms with Gasteiger partial charge in [0.2, 0.25) is 0 Å². The Morgan fingerprint density at radius 3 is 2.33 bits per heavy atom. The van der Waals surface area contributed by atoms with Gasteiger partial charge in [-0.15, -0.1) is 0 Å². The SMILES string of the molecule is CSN(C)C1CCCC1. The fourth-order valence-corrected chi connectivity index (χ4v) is 1.93. The van der Waals surface area contributed by atoms with Crippen molar-refractivity contribution in [3.63, 3.8) is 0 Å². The highest BCUT2D eigenvalue weighted by molar-refractivity contribution is 7.96. The molecule has 0 aliphatic heterocycles. The van der Waals surface area contributed by atoms with Gasteiger partial charge in [0.15, 0.2) is 0 Å². The molecule has 0 atom stereocenters. The van der Waals surface area contributed by atoms with Crippen molar-refractivity contribution in [1.29, 1.82) is 0 Å². The minimum atomic E-state index is 0.875. The van der Waals surface area contributed by atoms with Gasteiger partial charge in [-0.05, 0) is 26.1 Å². The highest BCUT2D eigenvalue weighted by Crippen LogP contribution is 2.25. The van der Waals surface area contributed by atoms with E-state index in [2.05, 4.69) is 17.6 Å². The van der Waals surface area contributed by atoms with Crippen molar-refractivity contribution in [1.82, 2.24) is 4.31 Å². The van der Waals surface area contributed by atoms with E-state index in [-0.39, 0.29) is 0 Å². The third kappa shape index (κ3) is 1.87. The van der Waals surface area contributed by atoms with Gasteiger partial charge in [0.1, 0.15) is 0 Å². The molecule has 1 aliphatic carbocycles. The molecule has 2 heteroatoms. The fourth-order valence-electron chi connectivity index (χ4n) is 1.42. The van der Waals surface area contributed by atoms with Crippen molar-refractivity contribution in [3.8, 4) is 0 Å². The average Bonchev–Trinajstić information content (AvgIpc) is 2.37. The second kappa shape index (κ2) is 3.47. The molecule has 0 spiro atoms. The van der Waals surface area contributed by atoms with Crippen LogP contribution in [-0.2, 0) is 0 Å². The van der Waals surface area contributed by atoms with Crippen LogP contribution < -0.4 is 0 Å². The maximum Gasteiger partial charge on any atom is 0.0199 e. The largest absolute Gasteiger partial charge is 0.251 e. The van der Waals surface area contributed by atoms with E-state index < -0.39 is 0 Å². The Bertz CT molecular complexity index is 79.0. The topological polar surface area (TPSA) is 3.24 Å². The van der Waals surface area contributed by atoms with Gasteiger partial charge in [-0.3, -0.25) is 4.31 Å². The summed E-state index contributed by atoms with van der Waals surface area (Å²) in [7, 11) is 2.20. The average molecular weight is 145 g/mol. The summed E-state index contributed by atoms with van der Waals surface area (Å²) in [5, 5.41) is 0. The zero-order valence-corrected chi connectivity index (χ0v) is 7.08. The predicted octanol–water partition coefficient (Wildman–Crippen LogP) is 2.14. The van der Waals surface area contributed by atoms with E-state index in [1.54, 1.807) is 0 Å². The summed E-state index contributed by atoms with van der Waals surface area (Å²) in [5.74, 6) is 0. The van der Waals surface area contributed by atoms with Crippen LogP contribution in [-0.4, -0.2) is 23.7 Å². The molecule has 0 unspecified atom stereocenters. The van der Waals surface area contributed by atoms with Crippen LogP contribution in [0.4, 0.5) is 0 Å². The van der Waals surface area contributed by atoms with E-state index >= 15 is 0 Å². The molecule has 0 aromatic rings. The molecule has 9 heavy (non-hydrogen) atoms. The summed E-state index contributed by atoms with van der Waals surface area (Å²) in [6.07, 6.45) is 7.86. The van der Waals surface area contributed by atoms with Crippen LogP contribution in [0.3, 0.4) is 0 Å². The second-order valence-corrected chi connectivity index (χ2v) is 3.61. The Morgan fingerprint density at radius 2 is 1.89 bits per heavy atom. The summed E-state index contributed by atoms with van der Waals surface area (Å²) in [5.41, 5.74) is 0. The lowest BCUT2D eigenvalue weighted by molar-refractivity contribution is 0.417. The summed E-state index contributed by atoms with van der Waals surface area (Å²) >= 11 is 1.86. The molecule has 1 nitrogen and oxygen atoms in total. The smallest absolute Gasteiger partial charge is 0.0199 e. The van der Waals surface area contributed by atoms with Crippen LogP contribution in [0.2, 0.25) is 0 Å². The number of hydrogen-bond acceptors (Lipinski definition) is 2. The molecule has 1 aliphatic rings. The molecule has 0 radical (unpaired) electrons. The van der Waals surface area contributed by atoms with Gasteiger partial charge in [0, 0.05) is 6.04 Å². The molecule has 0 aromatic carbocycles. The normalized spacial score (nSPS) is 21.7. The van der Waals surface area contributed by atoms with Crippen LogP contribution in [0, 0.1) is 0 Å². The lowest BCUT2D eigenvalue weighted by Crippen LogP contribution is -2.21. The number of hydrogen-bond donors (Lipinski definition) is 0. The quantitative estimate of drug-likeness (QED) is 0.548. The predicted molar refractivity (Wildman–Crippen MR) is 43.5 cm³/mol. The lowest BCUT2D eigenvalue weighted by Gasteiger charge is -2.19. The molecule has 54 valence electrons. The van der Waals surface area contributed by atoms with Gasteiger partial charge >= 0.3 is 0 Å². The lowest BCUT2D eigenvalue weighted by atomic mass is 10.3. The maximum atomic E-state index is 2.38. The summed E-state index contributed by atoms with van der Waals surface area (Å²) in [4.78, 5) is 0. The zero-order chi connectivity index (χ0) is 6.69. The maximum absolute atomic E-state index is 2.38. The fraction of sp³-hybridized carbons (Fsp3) is 1.00. The third-order valence-corrected chi connectivity index (χ3v) is 3.00. The highest BCUT2D eigenvalue weighted by atomic mass is 32.2.